The van der Waals surface area contributed by atoms with Crippen LogP contribution in [0, 0.1) is 10.1 Å². The molecule has 122 valence electrons. The Morgan fingerprint density at radius 3 is 2.71 bits per heavy atom. The number of non-ortho nitro benzene ring substituents is 1. The van der Waals surface area contributed by atoms with Gasteiger partial charge in [-0.25, -0.2) is 0 Å². The van der Waals surface area contributed by atoms with Crippen molar-refractivity contribution in [3.8, 4) is 11.3 Å². The average Bonchev–Trinajstić information content (AvgIpc) is 3.08. The van der Waals surface area contributed by atoms with E-state index in [-0.39, 0.29) is 16.6 Å². The summed E-state index contributed by atoms with van der Waals surface area (Å²) in [4.78, 5) is 24.1. The molecular formula is C15H9ClN2O4S2. The topological polar surface area (TPSA) is 76.6 Å². The van der Waals surface area contributed by atoms with Gasteiger partial charge in [0.25, 0.3) is 11.6 Å². The number of thioether (sulfide) groups is 1. The zero-order chi connectivity index (χ0) is 17.4. The molecule has 0 atom stereocenters. The molecule has 9 heteroatoms. The van der Waals surface area contributed by atoms with E-state index in [1.54, 1.807) is 25.3 Å². The molecule has 1 saturated heterocycles. The van der Waals surface area contributed by atoms with Gasteiger partial charge in [-0.05, 0) is 18.2 Å². The number of nitrogens with zero attached hydrogens (tertiary/aromatic N) is 2. The summed E-state index contributed by atoms with van der Waals surface area (Å²) in [6.45, 7) is 0. The van der Waals surface area contributed by atoms with Gasteiger partial charge < -0.3 is 4.42 Å². The molecule has 0 aliphatic carbocycles. The second-order valence-electron chi connectivity index (χ2n) is 4.86. The van der Waals surface area contributed by atoms with Crippen molar-refractivity contribution in [3.63, 3.8) is 0 Å². The number of benzene rings is 1. The number of nitro benzene ring substituents is 1. The van der Waals surface area contributed by atoms with E-state index in [1.165, 1.54) is 34.9 Å². The van der Waals surface area contributed by atoms with Gasteiger partial charge in [0.1, 0.15) is 15.8 Å². The number of likely N-dealkylation sites (N-methyl/N-ethyl adjacent to an activating group) is 1. The molecule has 1 fully saturated rings. The Kier molecular flexibility index (Phi) is 4.44. The van der Waals surface area contributed by atoms with Gasteiger partial charge in [0, 0.05) is 30.8 Å². The fraction of sp³-hybridized carbons (Fsp3) is 0.0667. The van der Waals surface area contributed by atoms with Crippen molar-refractivity contribution >= 4 is 57.6 Å². The van der Waals surface area contributed by atoms with E-state index < -0.39 is 4.92 Å². The number of carbonyl (C=O) groups is 1. The van der Waals surface area contributed by atoms with Crippen LogP contribution in [0.15, 0.2) is 39.7 Å². The lowest BCUT2D eigenvalue weighted by Crippen LogP contribution is -2.22. The zero-order valence-electron chi connectivity index (χ0n) is 12.2. The summed E-state index contributed by atoms with van der Waals surface area (Å²) in [6, 6.07) is 7.52. The third kappa shape index (κ3) is 3.08. The van der Waals surface area contributed by atoms with Crippen LogP contribution < -0.4 is 0 Å². The first-order chi connectivity index (χ1) is 11.4. The number of thiocarbonyl (C=S) groups is 1. The number of rotatable bonds is 3. The molecule has 0 unspecified atom stereocenters. The molecule has 24 heavy (non-hydrogen) atoms. The Balaban J connectivity index is 1.91. The van der Waals surface area contributed by atoms with E-state index in [4.69, 9.17) is 28.2 Å². The first kappa shape index (κ1) is 16.7. The molecule has 1 amide bonds. The van der Waals surface area contributed by atoms with Crippen LogP contribution in [0.4, 0.5) is 5.69 Å². The lowest BCUT2D eigenvalue weighted by molar-refractivity contribution is -0.384. The Morgan fingerprint density at radius 1 is 1.38 bits per heavy atom. The molecule has 0 N–H and O–H groups in total. The number of carbonyl (C=O) groups excluding carboxylic acids is 1. The third-order valence-corrected chi connectivity index (χ3v) is 5.11. The van der Waals surface area contributed by atoms with Crippen LogP contribution in [0.1, 0.15) is 5.76 Å². The van der Waals surface area contributed by atoms with Crippen molar-refractivity contribution < 1.29 is 14.1 Å². The predicted octanol–water partition coefficient (Wildman–Crippen LogP) is 4.34. The molecule has 0 spiro atoms. The average molecular weight is 381 g/mol. The van der Waals surface area contributed by atoms with E-state index >= 15 is 0 Å². The standard InChI is InChI=1S/C15H9ClN2O4S2/c1-17-14(19)13(24-15(17)23)7-9-3-5-12(22-9)10-4-2-8(18(20)21)6-11(10)16/h2-7H,1H3/b13-7+. The Labute approximate surface area is 151 Å². The third-order valence-electron chi connectivity index (χ3n) is 3.32. The Morgan fingerprint density at radius 2 is 2.12 bits per heavy atom. The van der Waals surface area contributed by atoms with Crippen molar-refractivity contribution in [2.75, 3.05) is 7.05 Å². The van der Waals surface area contributed by atoms with Gasteiger partial charge in [-0.3, -0.25) is 19.8 Å². The van der Waals surface area contributed by atoms with Crippen LogP contribution in [0.25, 0.3) is 17.4 Å². The summed E-state index contributed by atoms with van der Waals surface area (Å²) >= 11 is 12.4. The van der Waals surface area contributed by atoms with Crippen molar-refractivity contribution in [1.29, 1.82) is 0 Å². The molecular weight excluding hydrogens is 372 g/mol. The lowest BCUT2D eigenvalue weighted by Gasteiger charge is -2.03. The van der Waals surface area contributed by atoms with E-state index in [0.717, 1.165) is 0 Å². The molecule has 2 aromatic rings. The van der Waals surface area contributed by atoms with E-state index in [2.05, 4.69) is 0 Å². The summed E-state index contributed by atoms with van der Waals surface area (Å²) in [7, 11) is 1.61. The monoisotopic (exact) mass is 380 g/mol. The highest BCUT2D eigenvalue weighted by Crippen LogP contribution is 2.35. The molecule has 0 saturated carbocycles. The van der Waals surface area contributed by atoms with Crippen molar-refractivity contribution in [2.24, 2.45) is 0 Å². The highest BCUT2D eigenvalue weighted by atomic mass is 35.5. The minimum atomic E-state index is -0.518. The van der Waals surface area contributed by atoms with E-state index in [1.807, 2.05) is 0 Å². The zero-order valence-corrected chi connectivity index (χ0v) is 14.6. The van der Waals surface area contributed by atoms with E-state index in [0.29, 0.717) is 26.3 Å². The minimum absolute atomic E-state index is 0.0952. The quantitative estimate of drug-likeness (QED) is 0.341. The van der Waals surface area contributed by atoms with Gasteiger partial charge in [-0.15, -0.1) is 0 Å². The van der Waals surface area contributed by atoms with Gasteiger partial charge in [0.2, 0.25) is 0 Å². The van der Waals surface area contributed by atoms with Crippen LogP contribution >= 0.6 is 35.6 Å². The van der Waals surface area contributed by atoms with Crippen molar-refractivity contribution in [2.45, 2.75) is 0 Å². The molecule has 2 heterocycles. The minimum Gasteiger partial charge on any atom is -0.457 e. The predicted molar refractivity (Wildman–Crippen MR) is 96.7 cm³/mol. The molecule has 1 aromatic carbocycles. The molecule has 0 bridgehead atoms. The van der Waals surface area contributed by atoms with Crippen molar-refractivity contribution in [3.05, 3.63) is 56.1 Å². The van der Waals surface area contributed by atoms with Crippen molar-refractivity contribution in [1.82, 2.24) is 4.90 Å². The molecule has 6 nitrogen and oxygen atoms in total. The van der Waals surface area contributed by atoms with Crippen LogP contribution in [-0.2, 0) is 4.79 Å². The van der Waals surface area contributed by atoms with Crippen LogP contribution in [-0.4, -0.2) is 27.1 Å². The smallest absolute Gasteiger partial charge is 0.270 e. The van der Waals surface area contributed by atoms with Crippen LogP contribution in [0.2, 0.25) is 5.02 Å². The largest absolute Gasteiger partial charge is 0.457 e. The number of hydrogen-bond donors (Lipinski definition) is 0. The number of halogens is 1. The SMILES string of the molecule is CN1C(=O)/C(=C\c2ccc(-c3ccc([N+](=O)[O-])cc3Cl)o2)SC1=S. The summed E-state index contributed by atoms with van der Waals surface area (Å²) in [6.07, 6.45) is 1.60. The van der Waals surface area contributed by atoms with Gasteiger partial charge in [-0.2, -0.15) is 0 Å². The maximum atomic E-state index is 12.0. The van der Waals surface area contributed by atoms with E-state index in [9.17, 15) is 14.9 Å². The van der Waals surface area contributed by atoms with Gasteiger partial charge >= 0.3 is 0 Å². The highest BCUT2D eigenvalue weighted by Gasteiger charge is 2.29. The second-order valence-corrected chi connectivity index (χ2v) is 6.95. The number of amides is 1. The first-order valence-electron chi connectivity index (χ1n) is 6.62. The van der Waals surface area contributed by atoms with Crippen LogP contribution in [0.5, 0.6) is 0 Å². The fourth-order valence-corrected chi connectivity index (χ4v) is 3.49. The lowest BCUT2D eigenvalue weighted by atomic mass is 10.1. The molecule has 1 aliphatic rings. The Hall–Kier alpha value is -2.16. The van der Waals surface area contributed by atoms with Gasteiger partial charge in [-0.1, -0.05) is 35.6 Å². The fourth-order valence-electron chi connectivity index (χ4n) is 2.07. The molecule has 3 rings (SSSR count). The Bertz CT molecular complexity index is 907. The summed E-state index contributed by atoms with van der Waals surface area (Å²) < 4.78 is 6.16. The maximum Gasteiger partial charge on any atom is 0.270 e. The molecule has 0 radical (unpaired) electrons. The number of furan rings is 1. The summed E-state index contributed by atoms with van der Waals surface area (Å²) in [5.41, 5.74) is 0.437. The van der Waals surface area contributed by atoms with Gasteiger partial charge in [0.05, 0.1) is 14.9 Å². The number of hydrogen-bond acceptors (Lipinski definition) is 6. The highest BCUT2D eigenvalue weighted by molar-refractivity contribution is 8.26. The second kappa shape index (κ2) is 6.39. The summed E-state index contributed by atoms with van der Waals surface area (Å²) in [5.74, 6) is 0.734. The normalized spacial score (nSPS) is 16.2. The maximum absolute atomic E-state index is 12.0. The molecule has 1 aromatic heterocycles. The summed E-state index contributed by atoms with van der Waals surface area (Å²) in [5, 5.41) is 11.0. The van der Waals surface area contributed by atoms with Crippen LogP contribution in [0.3, 0.4) is 0 Å². The number of nitro groups is 1. The van der Waals surface area contributed by atoms with Gasteiger partial charge in [0.15, 0.2) is 0 Å². The molecule has 1 aliphatic heterocycles. The first-order valence-corrected chi connectivity index (χ1v) is 8.23.